The van der Waals surface area contributed by atoms with Gasteiger partial charge in [0.05, 0.1) is 16.9 Å². The topological polar surface area (TPSA) is 42.6 Å². The fourth-order valence-electron chi connectivity index (χ4n) is 2.47. The molecule has 21 heavy (non-hydrogen) atoms. The van der Waals surface area contributed by atoms with Gasteiger partial charge >= 0.3 is 5.63 Å². The third-order valence-corrected chi connectivity index (χ3v) is 5.25. The molecule has 0 bridgehead atoms. The Bertz CT molecular complexity index is 881. The maximum atomic E-state index is 12.2. The molecule has 2 aromatic rings. The molecule has 2 heterocycles. The molecule has 0 spiro atoms. The van der Waals surface area contributed by atoms with Gasteiger partial charge in [-0.2, -0.15) is 0 Å². The molecule has 1 aromatic carbocycles. The van der Waals surface area contributed by atoms with Crippen LogP contribution in [-0.2, 0) is 0 Å². The third kappa shape index (κ3) is 2.30. The maximum absolute atomic E-state index is 12.2. The Balaban J connectivity index is 1.84. The van der Waals surface area contributed by atoms with E-state index >= 15 is 0 Å². The molecule has 4 rings (SSSR count). The molecule has 0 radical (unpaired) electrons. The molecular weight excluding hydrogens is 350 g/mol. The zero-order chi connectivity index (χ0) is 14.4. The zero-order valence-electron chi connectivity index (χ0n) is 10.8. The Morgan fingerprint density at radius 3 is 2.90 bits per heavy atom. The molecule has 1 aromatic heterocycles. The Morgan fingerprint density at radius 1 is 1.19 bits per heavy atom. The van der Waals surface area contributed by atoms with E-state index < -0.39 is 0 Å². The smallest absolute Gasteiger partial charge is 0.346 e. The van der Waals surface area contributed by atoms with Gasteiger partial charge in [-0.25, -0.2) is 4.79 Å². The van der Waals surface area contributed by atoms with Crippen molar-refractivity contribution < 1.29 is 4.42 Å². The second-order valence-electron chi connectivity index (χ2n) is 4.91. The molecule has 1 aliphatic heterocycles. The summed E-state index contributed by atoms with van der Waals surface area (Å²) in [7, 11) is 0. The predicted octanol–water partition coefficient (Wildman–Crippen LogP) is 3.91. The summed E-state index contributed by atoms with van der Waals surface area (Å²) >= 11 is 5.05. The van der Waals surface area contributed by atoms with E-state index in [1.807, 2.05) is 30.4 Å². The van der Waals surface area contributed by atoms with Crippen LogP contribution < -0.4 is 5.63 Å². The Labute approximate surface area is 133 Å². The number of nitrogens with zero attached hydrogens (tertiary/aromatic N) is 1. The second-order valence-corrected chi connectivity index (χ2v) is 6.99. The molecule has 1 aliphatic carbocycles. The predicted molar refractivity (Wildman–Crippen MR) is 90.2 cm³/mol. The van der Waals surface area contributed by atoms with Gasteiger partial charge in [-0.3, -0.25) is 4.99 Å². The van der Waals surface area contributed by atoms with Crippen molar-refractivity contribution in [2.45, 2.75) is 11.3 Å². The molecule has 104 valence electrons. The summed E-state index contributed by atoms with van der Waals surface area (Å²) in [5.74, 6) is 0. The van der Waals surface area contributed by atoms with E-state index in [1.54, 1.807) is 17.8 Å². The largest absolute Gasteiger partial charge is 0.422 e. The van der Waals surface area contributed by atoms with E-state index in [1.165, 1.54) is 0 Å². The highest BCUT2D eigenvalue weighted by Gasteiger charge is 2.29. The van der Waals surface area contributed by atoms with Gasteiger partial charge in [-0.15, -0.1) is 0 Å². The van der Waals surface area contributed by atoms with Gasteiger partial charge in [-0.05, 0) is 24.3 Å². The van der Waals surface area contributed by atoms with Crippen molar-refractivity contribution >= 4 is 43.7 Å². The molecule has 2 unspecified atom stereocenters. The van der Waals surface area contributed by atoms with Crippen molar-refractivity contribution in [1.29, 1.82) is 0 Å². The van der Waals surface area contributed by atoms with Crippen molar-refractivity contribution in [2.24, 2.45) is 4.99 Å². The van der Waals surface area contributed by atoms with E-state index in [0.717, 1.165) is 14.9 Å². The highest BCUT2D eigenvalue weighted by molar-refractivity contribution is 9.10. The first-order valence-corrected chi connectivity index (χ1v) is 8.21. The normalized spacial score (nSPS) is 23.4. The Morgan fingerprint density at radius 2 is 2.05 bits per heavy atom. The lowest BCUT2D eigenvalue weighted by atomic mass is 10.1. The molecule has 2 atom stereocenters. The van der Waals surface area contributed by atoms with Crippen LogP contribution in [0.25, 0.3) is 11.0 Å². The molecule has 0 saturated carbocycles. The molecule has 5 heteroatoms. The SMILES string of the molecule is O=c1oc2ccc(Br)cc2cc1C1=NC2C=CC=CC2S1. The monoisotopic (exact) mass is 359 g/mol. The standard InChI is InChI=1S/C16H10BrNO2S/c17-10-5-6-13-9(7-10)8-11(16(19)20-13)15-18-12-3-1-2-4-14(12)21-15/h1-8,12,14H. The van der Waals surface area contributed by atoms with Crippen LogP contribution in [0.4, 0.5) is 0 Å². The summed E-state index contributed by atoms with van der Waals surface area (Å²) in [6, 6.07) is 7.57. The van der Waals surface area contributed by atoms with E-state index in [-0.39, 0.29) is 16.9 Å². The highest BCUT2D eigenvalue weighted by Crippen LogP contribution is 2.33. The first-order chi connectivity index (χ1) is 10.2. The van der Waals surface area contributed by atoms with E-state index in [0.29, 0.717) is 11.1 Å². The van der Waals surface area contributed by atoms with Crippen LogP contribution in [0.5, 0.6) is 0 Å². The van der Waals surface area contributed by atoms with Crippen LogP contribution in [0.2, 0.25) is 0 Å². The van der Waals surface area contributed by atoms with Crippen molar-refractivity contribution in [3.05, 3.63) is 69.0 Å². The molecular formula is C16H10BrNO2S. The van der Waals surface area contributed by atoms with Crippen molar-refractivity contribution in [1.82, 2.24) is 0 Å². The molecule has 0 saturated heterocycles. The van der Waals surface area contributed by atoms with Crippen molar-refractivity contribution in [3.8, 4) is 0 Å². The second kappa shape index (κ2) is 5.00. The summed E-state index contributed by atoms with van der Waals surface area (Å²) in [5, 5.41) is 1.93. The lowest BCUT2D eigenvalue weighted by molar-refractivity contribution is 0.559. The average Bonchev–Trinajstić information content (AvgIpc) is 2.90. The number of benzene rings is 1. The average molecular weight is 360 g/mol. The van der Waals surface area contributed by atoms with Gasteiger partial charge in [0.1, 0.15) is 10.6 Å². The molecule has 0 fully saturated rings. The van der Waals surface area contributed by atoms with Gasteiger partial charge < -0.3 is 4.42 Å². The van der Waals surface area contributed by atoms with Crippen LogP contribution in [0.15, 0.2) is 67.2 Å². The van der Waals surface area contributed by atoms with Crippen molar-refractivity contribution in [2.75, 3.05) is 0 Å². The lowest BCUT2D eigenvalue weighted by Gasteiger charge is -2.10. The number of hydrogen-bond acceptors (Lipinski definition) is 4. The van der Waals surface area contributed by atoms with E-state index in [9.17, 15) is 4.79 Å². The van der Waals surface area contributed by atoms with Crippen LogP contribution in [0, 0.1) is 0 Å². The summed E-state index contributed by atoms with van der Waals surface area (Å²) in [6.45, 7) is 0. The summed E-state index contributed by atoms with van der Waals surface area (Å²) in [6.07, 6.45) is 8.19. The number of halogens is 1. The van der Waals surface area contributed by atoms with Gasteiger partial charge in [-0.1, -0.05) is 52.0 Å². The van der Waals surface area contributed by atoms with Gasteiger partial charge in [0, 0.05) is 9.86 Å². The summed E-state index contributed by atoms with van der Waals surface area (Å²) in [5.41, 5.74) is 0.803. The quantitative estimate of drug-likeness (QED) is 0.724. The molecule has 0 amide bonds. The fourth-order valence-corrected chi connectivity index (χ4v) is 4.02. The van der Waals surface area contributed by atoms with E-state index in [4.69, 9.17) is 4.42 Å². The number of hydrogen-bond donors (Lipinski definition) is 0. The van der Waals surface area contributed by atoms with Crippen LogP contribution >= 0.6 is 27.7 Å². The van der Waals surface area contributed by atoms with Crippen LogP contribution in [0.1, 0.15) is 5.56 Å². The number of allylic oxidation sites excluding steroid dienone is 2. The first kappa shape index (κ1) is 13.1. The first-order valence-electron chi connectivity index (χ1n) is 6.54. The Hall–Kier alpha value is -1.59. The van der Waals surface area contributed by atoms with Crippen LogP contribution in [-0.4, -0.2) is 16.3 Å². The number of rotatable bonds is 1. The molecule has 0 N–H and O–H groups in total. The van der Waals surface area contributed by atoms with Gasteiger partial charge in [0.15, 0.2) is 0 Å². The van der Waals surface area contributed by atoms with Gasteiger partial charge in [0.2, 0.25) is 0 Å². The number of fused-ring (bicyclic) bond motifs is 2. The minimum atomic E-state index is -0.331. The highest BCUT2D eigenvalue weighted by atomic mass is 79.9. The van der Waals surface area contributed by atoms with Crippen LogP contribution in [0.3, 0.4) is 0 Å². The minimum absolute atomic E-state index is 0.118. The lowest BCUT2D eigenvalue weighted by Crippen LogP contribution is -2.13. The molecule has 3 nitrogen and oxygen atoms in total. The number of thioether (sulfide) groups is 1. The van der Waals surface area contributed by atoms with Gasteiger partial charge in [0.25, 0.3) is 0 Å². The fraction of sp³-hybridized carbons (Fsp3) is 0.125. The minimum Gasteiger partial charge on any atom is -0.422 e. The van der Waals surface area contributed by atoms with Crippen molar-refractivity contribution in [3.63, 3.8) is 0 Å². The maximum Gasteiger partial charge on any atom is 0.346 e. The summed E-state index contributed by atoms with van der Waals surface area (Å²) in [4.78, 5) is 16.8. The molecule has 2 aliphatic rings. The Kier molecular flexibility index (Phi) is 3.12. The van der Waals surface area contributed by atoms with E-state index in [2.05, 4.69) is 33.1 Å². The third-order valence-electron chi connectivity index (χ3n) is 3.50. The zero-order valence-corrected chi connectivity index (χ0v) is 13.2. The summed E-state index contributed by atoms with van der Waals surface area (Å²) < 4.78 is 6.36. The number of aliphatic imine (C=N–C) groups is 1.